The molecule has 0 bridgehead atoms. The van der Waals surface area contributed by atoms with Gasteiger partial charge in [0.25, 0.3) is 0 Å². The molecule has 120 valence electrons. The highest BCUT2D eigenvalue weighted by molar-refractivity contribution is 5.06. The van der Waals surface area contributed by atoms with Crippen LogP contribution in [0.25, 0.3) is 0 Å². The number of hydrogen-bond donors (Lipinski definition) is 2. The molecule has 4 rings (SSSR count). The van der Waals surface area contributed by atoms with Crippen LogP contribution < -0.4 is 5.32 Å². The summed E-state index contributed by atoms with van der Waals surface area (Å²) in [7, 11) is 0. The van der Waals surface area contributed by atoms with E-state index in [4.69, 9.17) is 0 Å². The first-order valence-electron chi connectivity index (χ1n) is 9.11. The number of nitrogens with zero attached hydrogens (tertiary/aromatic N) is 2. The molecule has 0 aromatic carbocycles. The molecular formula is C17H31N3O. The summed E-state index contributed by atoms with van der Waals surface area (Å²) in [5, 5.41) is 13.9. The number of rotatable bonds is 8. The van der Waals surface area contributed by atoms with Crippen LogP contribution in [0.2, 0.25) is 0 Å². The van der Waals surface area contributed by atoms with Crippen LogP contribution in [-0.4, -0.2) is 72.4 Å². The third-order valence-electron chi connectivity index (χ3n) is 5.89. The zero-order valence-electron chi connectivity index (χ0n) is 13.3. The minimum Gasteiger partial charge on any atom is -0.394 e. The number of nitrogens with one attached hydrogen (secondary N) is 1. The van der Waals surface area contributed by atoms with Crippen molar-refractivity contribution < 1.29 is 5.11 Å². The van der Waals surface area contributed by atoms with Crippen molar-refractivity contribution in [2.75, 3.05) is 45.9 Å². The first-order chi connectivity index (χ1) is 10.3. The molecule has 1 heterocycles. The number of piperazine rings is 1. The van der Waals surface area contributed by atoms with Gasteiger partial charge >= 0.3 is 0 Å². The summed E-state index contributed by atoms with van der Waals surface area (Å²) < 4.78 is 0. The highest BCUT2D eigenvalue weighted by atomic mass is 16.3. The SMILES string of the molecule is OCC(CN1CCN(CC2CC2)CC1)(NC1CC1)C1CC1. The lowest BCUT2D eigenvalue weighted by molar-refractivity contribution is 0.0577. The van der Waals surface area contributed by atoms with Crippen molar-refractivity contribution in [1.29, 1.82) is 0 Å². The van der Waals surface area contributed by atoms with E-state index in [9.17, 15) is 5.11 Å². The lowest BCUT2D eigenvalue weighted by atomic mass is 9.92. The molecule has 2 N–H and O–H groups in total. The Balaban J connectivity index is 1.30. The van der Waals surface area contributed by atoms with E-state index in [0.717, 1.165) is 12.5 Å². The third kappa shape index (κ3) is 3.61. The molecule has 0 aromatic rings. The molecule has 1 atom stereocenters. The Labute approximate surface area is 128 Å². The van der Waals surface area contributed by atoms with Gasteiger partial charge in [-0.1, -0.05) is 0 Å². The fourth-order valence-electron chi connectivity index (χ4n) is 3.98. The Morgan fingerprint density at radius 1 is 0.905 bits per heavy atom. The van der Waals surface area contributed by atoms with Crippen LogP contribution in [0.3, 0.4) is 0 Å². The van der Waals surface area contributed by atoms with Gasteiger partial charge in [-0.25, -0.2) is 0 Å². The minimum absolute atomic E-state index is 0.000170. The van der Waals surface area contributed by atoms with E-state index in [2.05, 4.69) is 15.1 Å². The van der Waals surface area contributed by atoms with Crippen LogP contribution in [-0.2, 0) is 0 Å². The average molecular weight is 293 g/mol. The van der Waals surface area contributed by atoms with E-state index < -0.39 is 0 Å². The van der Waals surface area contributed by atoms with Gasteiger partial charge in [0.2, 0.25) is 0 Å². The number of aliphatic hydroxyl groups is 1. The van der Waals surface area contributed by atoms with Crippen LogP contribution in [0.5, 0.6) is 0 Å². The summed E-state index contributed by atoms with van der Waals surface area (Å²) in [5.41, 5.74) is -0.000170. The van der Waals surface area contributed by atoms with Crippen LogP contribution >= 0.6 is 0 Å². The fourth-order valence-corrected chi connectivity index (χ4v) is 3.98. The molecule has 1 saturated heterocycles. The molecule has 0 spiro atoms. The number of aliphatic hydroxyl groups excluding tert-OH is 1. The van der Waals surface area contributed by atoms with Crippen LogP contribution in [0.1, 0.15) is 38.5 Å². The molecular weight excluding hydrogens is 262 g/mol. The van der Waals surface area contributed by atoms with Crippen molar-refractivity contribution in [2.24, 2.45) is 11.8 Å². The third-order valence-corrected chi connectivity index (χ3v) is 5.89. The highest BCUT2D eigenvalue weighted by Crippen LogP contribution is 2.42. The normalized spacial score (nSPS) is 31.3. The van der Waals surface area contributed by atoms with E-state index in [-0.39, 0.29) is 5.54 Å². The monoisotopic (exact) mass is 293 g/mol. The number of hydrogen-bond acceptors (Lipinski definition) is 4. The predicted molar refractivity (Wildman–Crippen MR) is 84.3 cm³/mol. The van der Waals surface area contributed by atoms with Crippen LogP contribution in [0.15, 0.2) is 0 Å². The largest absolute Gasteiger partial charge is 0.394 e. The zero-order chi connectivity index (χ0) is 14.3. The van der Waals surface area contributed by atoms with Crippen LogP contribution in [0.4, 0.5) is 0 Å². The highest BCUT2D eigenvalue weighted by Gasteiger charge is 2.48. The maximum absolute atomic E-state index is 10.1. The fraction of sp³-hybridized carbons (Fsp3) is 1.00. The Kier molecular flexibility index (Phi) is 3.99. The second kappa shape index (κ2) is 5.80. The van der Waals surface area contributed by atoms with Crippen molar-refractivity contribution in [3.8, 4) is 0 Å². The Morgan fingerprint density at radius 2 is 1.57 bits per heavy atom. The predicted octanol–water partition coefficient (Wildman–Crippen LogP) is 0.907. The molecule has 3 saturated carbocycles. The molecule has 3 aliphatic carbocycles. The van der Waals surface area contributed by atoms with E-state index in [1.807, 2.05) is 0 Å². The minimum atomic E-state index is -0.000170. The maximum atomic E-state index is 10.1. The van der Waals surface area contributed by atoms with Gasteiger partial charge in [0, 0.05) is 45.3 Å². The van der Waals surface area contributed by atoms with E-state index >= 15 is 0 Å². The molecule has 1 unspecified atom stereocenters. The van der Waals surface area contributed by atoms with Crippen molar-refractivity contribution in [2.45, 2.75) is 50.1 Å². The van der Waals surface area contributed by atoms with Crippen molar-refractivity contribution in [3.63, 3.8) is 0 Å². The van der Waals surface area contributed by atoms with E-state index in [0.29, 0.717) is 18.6 Å². The average Bonchev–Trinajstić information content (AvgIpc) is 3.35. The first-order valence-corrected chi connectivity index (χ1v) is 9.11. The van der Waals surface area contributed by atoms with Gasteiger partial charge in [0.15, 0.2) is 0 Å². The van der Waals surface area contributed by atoms with Crippen molar-refractivity contribution >= 4 is 0 Å². The molecule has 1 aliphatic heterocycles. The van der Waals surface area contributed by atoms with Gasteiger partial charge in [0.05, 0.1) is 12.1 Å². The lowest BCUT2D eigenvalue weighted by Gasteiger charge is -2.42. The smallest absolute Gasteiger partial charge is 0.0628 e. The molecule has 4 fully saturated rings. The molecule has 0 radical (unpaired) electrons. The molecule has 0 aromatic heterocycles. The molecule has 4 nitrogen and oxygen atoms in total. The van der Waals surface area contributed by atoms with Crippen molar-refractivity contribution in [1.82, 2.24) is 15.1 Å². The van der Waals surface area contributed by atoms with Gasteiger partial charge in [-0.3, -0.25) is 4.90 Å². The Bertz CT molecular complexity index is 357. The summed E-state index contributed by atoms with van der Waals surface area (Å²) in [4.78, 5) is 5.26. The van der Waals surface area contributed by atoms with Gasteiger partial charge in [-0.05, 0) is 50.4 Å². The van der Waals surface area contributed by atoms with E-state index in [1.54, 1.807) is 0 Å². The summed E-state index contributed by atoms with van der Waals surface area (Å²) in [6.07, 6.45) is 8.15. The lowest BCUT2D eigenvalue weighted by Crippen LogP contribution is -2.61. The summed E-state index contributed by atoms with van der Waals surface area (Å²) in [6, 6.07) is 0.689. The quantitative estimate of drug-likeness (QED) is 0.698. The zero-order valence-corrected chi connectivity index (χ0v) is 13.3. The molecule has 21 heavy (non-hydrogen) atoms. The Morgan fingerprint density at radius 3 is 2.10 bits per heavy atom. The van der Waals surface area contributed by atoms with Crippen molar-refractivity contribution in [3.05, 3.63) is 0 Å². The second-order valence-corrected chi connectivity index (χ2v) is 8.03. The summed E-state index contributed by atoms with van der Waals surface area (Å²) in [6.45, 7) is 7.54. The second-order valence-electron chi connectivity index (χ2n) is 8.03. The Hall–Kier alpha value is -0.160. The topological polar surface area (TPSA) is 38.7 Å². The van der Waals surface area contributed by atoms with Gasteiger partial charge in [-0.15, -0.1) is 0 Å². The summed E-state index contributed by atoms with van der Waals surface area (Å²) >= 11 is 0. The van der Waals surface area contributed by atoms with Gasteiger partial charge < -0.3 is 15.3 Å². The van der Waals surface area contributed by atoms with Crippen LogP contribution in [0, 0.1) is 11.8 Å². The van der Waals surface area contributed by atoms with Gasteiger partial charge in [-0.2, -0.15) is 0 Å². The van der Waals surface area contributed by atoms with Gasteiger partial charge in [0.1, 0.15) is 0 Å². The van der Waals surface area contributed by atoms with E-state index in [1.165, 1.54) is 71.2 Å². The molecule has 4 heteroatoms. The molecule has 4 aliphatic rings. The molecule has 0 amide bonds. The standard InChI is InChI=1S/C17H31N3O/c21-13-17(15-3-4-15,18-16-5-6-16)12-20-9-7-19(8-10-20)11-14-1-2-14/h14-16,18,21H,1-13H2. The first kappa shape index (κ1) is 14.4. The summed E-state index contributed by atoms with van der Waals surface area (Å²) in [5.74, 6) is 1.73. The maximum Gasteiger partial charge on any atom is 0.0628 e.